The molecular weight excluding hydrogens is 697 g/mol. The fraction of sp³-hybridized carbons (Fsp3) is 0.300. The molecule has 0 aliphatic carbocycles. The molecule has 12 heteroatoms. The van der Waals surface area contributed by atoms with Crippen molar-refractivity contribution in [3.05, 3.63) is 137 Å². The number of rotatable bonds is 12. The van der Waals surface area contributed by atoms with Crippen LogP contribution < -0.4 is 9.80 Å². The molecule has 2 aliphatic rings. The van der Waals surface area contributed by atoms with Crippen LogP contribution in [-0.4, -0.2) is 53.5 Å². The van der Waals surface area contributed by atoms with Crippen LogP contribution in [0, 0.1) is 5.92 Å². The number of amides is 2. The Balaban J connectivity index is 1.15. The first-order chi connectivity index (χ1) is 25.0. The Hall–Kier alpha value is -4.68. The lowest BCUT2D eigenvalue weighted by molar-refractivity contribution is -0.146. The molecule has 52 heavy (non-hydrogen) atoms. The molecular formula is C40H41ClFN5O4Si. The van der Waals surface area contributed by atoms with Crippen molar-refractivity contribution in [3.63, 3.8) is 0 Å². The summed E-state index contributed by atoms with van der Waals surface area (Å²) in [7, 11) is -3.39. The van der Waals surface area contributed by atoms with Gasteiger partial charge < -0.3 is 18.9 Å². The number of nitrogens with zero attached hydrogens (tertiary/aromatic N) is 5. The second-order valence-corrected chi connectivity index (χ2v) is 18.4. The highest BCUT2D eigenvalue weighted by atomic mass is 35.5. The maximum Gasteiger partial charge on any atom is 0.264 e. The van der Waals surface area contributed by atoms with Crippen LogP contribution in [0.2, 0.25) is 23.7 Å². The van der Waals surface area contributed by atoms with E-state index in [-0.39, 0.29) is 25.0 Å². The zero-order valence-electron chi connectivity index (χ0n) is 29.3. The molecule has 3 heterocycles. The van der Waals surface area contributed by atoms with Crippen LogP contribution in [0.1, 0.15) is 41.6 Å². The van der Waals surface area contributed by atoms with Crippen LogP contribution >= 0.6 is 11.6 Å². The van der Waals surface area contributed by atoms with Gasteiger partial charge in [-0.3, -0.25) is 19.2 Å². The van der Waals surface area contributed by atoms with Crippen LogP contribution in [0.25, 0.3) is 0 Å². The van der Waals surface area contributed by atoms with Gasteiger partial charge in [0, 0.05) is 46.2 Å². The summed E-state index contributed by atoms with van der Waals surface area (Å²) in [6, 6.07) is 31.9. The number of aliphatic hydroxyl groups is 1. The number of para-hydroxylation sites is 1. The fourth-order valence-electron chi connectivity index (χ4n) is 8.15. The monoisotopic (exact) mass is 737 g/mol. The van der Waals surface area contributed by atoms with Gasteiger partial charge in [-0.1, -0.05) is 84.4 Å². The Morgan fingerprint density at radius 2 is 1.69 bits per heavy atom. The lowest BCUT2D eigenvalue weighted by Gasteiger charge is -2.31. The van der Waals surface area contributed by atoms with Gasteiger partial charge in [0.2, 0.25) is 14.8 Å². The summed E-state index contributed by atoms with van der Waals surface area (Å²) in [5.74, 6) is -1.04. The van der Waals surface area contributed by atoms with E-state index in [9.17, 15) is 14.7 Å². The van der Waals surface area contributed by atoms with Crippen molar-refractivity contribution in [2.24, 2.45) is 5.92 Å². The number of aryl methyl sites for hydroxylation is 1. The highest BCUT2D eigenvalue weighted by Crippen LogP contribution is 2.60. The third-order valence-corrected chi connectivity index (χ3v) is 13.3. The highest BCUT2D eigenvalue weighted by molar-refractivity contribution is 6.72. The number of hydrogen-bond acceptors (Lipinski definition) is 6. The topological polar surface area (TPSA) is 101 Å². The summed E-state index contributed by atoms with van der Waals surface area (Å²) in [5.41, 5.74) is 3.28. The number of fused-ring (bicyclic) bond motifs is 2. The highest BCUT2D eigenvalue weighted by Gasteiger charge is 2.66. The van der Waals surface area contributed by atoms with E-state index in [1.165, 1.54) is 0 Å². The van der Waals surface area contributed by atoms with Crippen molar-refractivity contribution in [2.75, 3.05) is 16.4 Å². The molecule has 1 spiro atoms. The first kappa shape index (κ1) is 35.7. The number of benzene rings is 4. The molecule has 2 aliphatic heterocycles. The molecule has 2 amide bonds. The van der Waals surface area contributed by atoms with E-state index in [1.54, 1.807) is 39.7 Å². The number of hydrogen-bond donors (Lipinski definition) is 1. The van der Waals surface area contributed by atoms with Crippen LogP contribution in [0.5, 0.6) is 0 Å². The van der Waals surface area contributed by atoms with Crippen LogP contribution in [0.3, 0.4) is 0 Å². The maximum absolute atomic E-state index is 16.4. The number of carbonyl (C=O) groups is 2. The smallest absolute Gasteiger partial charge is 0.264 e. The van der Waals surface area contributed by atoms with Gasteiger partial charge in [0.05, 0.1) is 36.6 Å². The number of anilines is 3. The van der Waals surface area contributed by atoms with Gasteiger partial charge in [-0.15, -0.1) is 5.10 Å². The van der Waals surface area contributed by atoms with Gasteiger partial charge in [0.25, 0.3) is 5.91 Å². The second kappa shape index (κ2) is 14.4. The fourth-order valence-corrected chi connectivity index (χ4v) is 10.9. The maximum atomic E-state index is 16.4. The third-order valence-electron chi connectivity index (χ3n) is 10.6. The molecule has 0 radical (unpaired) electrons. The van der Waals surface area contributed by atoms with E-state index < -0.39 is 31.6 Å². The predicted octanol–water partition coefficient (Wildman–Crippen LogP) is 7.76. The van der Waals surface area contributed by atoms with E-state index in [0.717, 1.165) is 23.2 Å². The van der Waals surface area contributed by atoms with Crippen molar-refractivity contribution in [1.82, 2.24) is 15.0 Å². The third kappa shape index (κ3) is 6.47. The Morgan fingerprint density at radius 3 is 2.35 bits per heavy atom. The first-order valence-corrected chi connectivity index (χ1v) is 20.8. The van der Waals surface area contributed by atoms with E-state index in [4.69, 9.17) is 16.3 Å². The minimum absolute atomic E-state index is 0.117. The normalized spacial score (nSPS) is 21.8. The van der Waals surface area contributed by atoms with E-state index in [0.29, 0.717) is 40.6 Å². The van der Waals surface area contributed by atoms with Gasteiger partial charge in [0.15, 0.2) is 5.60 Å². The zero-order chi connectivity index (χ0) is 36.6. The number of ether oxygens (including phenoxy) is 1. The lowest BCUT2D eigenvalue weighted by Crippen LogP contribution is -2.45. The van der Waals surface area contributed by atoms with Crippen molar-refractivity contribution in [3.8, 4) is 0 Å². The lowest BCUT2D eigenvalue weighted by atomic mass is 9.82. The van der Waals surface area contributed by atoms with Crippen molar-refractivity contribution in [1.29, 1.82) is 0 Å². The number of carbonyl (C=O) groups excluding carboxylic acids is 2. The molecule has 1 fully saturated rings. The van der Waals surface area contributed by atoms with Gasteiger partial charge >= 0.3 is 0 Å². The van der Waals surface area contributed by atoms with Crippen LogP contribution in [-0.2, 0) is 33.0 Å². The minimum atomic E-state index is -3.39. The minimum Gasteiger partial charge on any atom is -0.395 e. The zero-order valence-corrected chi connectivity index (χ0v) is 31.0. The average molecular weight is 738 g/mol. The first-order valence-electron chi connectivity index (χ1n) is 17.5. The molecule has 9 nitrogen and oxygen atoms in total. The predicted molar refractivity (Wildman–Crippen MR) is 202 cm³/mol. The standard InChI is InChI=1S/C40H41ClFN5O4Si/c1-27-38(52(2,3)42)37(20-21-45-24-35(43-44-45)33(25-48)29-10-6-4-7-11-29)51-40(27)34-22-30(41)16-19-36(34)46(39(40)50)23-28-14-17-32(18-15-28)47(26-49)31-12-8-5-9-13-31/h4-19,22,24,26-27,33,37-38,48H,20-21,23,25H2,1-3H3/t27-,33?,37+,38-,40+/m0/s1. The van der Waals surface area contributed by atoms with Gasteiger partial charge in [-0.05, 0) is 73.1 Å². The molecule has 5 aromatic rings. The Labute approximate surface area is 308 Å². The summed E-state index contributed by atoms with van der Waals surface area (Å²) < 4.78 is 25.0. The summed E-state index contributed by atoms with van der Waals surface area (Å²) in [4.78, 5) is 30.1. The molecule has 268 valence electrons. The Kier molecular flexibility index (Phi) is 9.88. The second-order valence-electron chi connectivity index (χ2n) is 14.1. The van der Waals surface area contributed by atoms with Crippen molar-refractivity contribution >= 4 is 49.4 Å². The Bertz CT molecular complexity index is 2040. The molecule has 1 saturated heterocycles. The molecule has 0 saturated carbocycles. The van der Waals surface area contributed by atoms with E-state index in [2.05, 4.69) is 10.3 Å². The summed E-state index contributed by atoms with van der Waals surface area (Å²) in [6.07, 6.45) is 2.43. The van der Waals surface area contributed by atoms with Gasteiger partial charge in [-0.2, -0.15) is 0 Å². The number of aromatic nitrogens is 3. The largest absolute Gasteiger partial charge is 0.395 e. The molecule has 7 rings (SSSR count). The quantitative estimate of drug-likeness (QED) is 0.0799. The Morgan fingerprint density at radius 1 is 1.02 bits per heavy atom. The van der Waals surface area contributed by atoms with Crippen molar-refractivity contribution < 1.29 is 23.5 Å². The molecule has 0 bridgehead atoms. The summed E-state index contributed by atoms with van der Waals surface area (Å²) in [5, 5.41) is 19.3. The number of aliphatic hydroxyl groups excluding tert-OH is 1. The van der Waals surface area contributed by atoms with Crippen LogP contribution in [0.4, 0.5) is 21.2 Å². The molecule has 5 atom stereocenters. The summed E-state index contributed by atoms with van der Waals surface area (Å²) >= 11 is 6.57. The van der Waals surface area contributed by atoms with Gasteiger partial charge in [-0.25, -0.2) is 0 Å². The SMILES string of the molecule is C[C@H]1[C@H]([Si](C)(C)F)[C@@H](CCn2cc(C(CO)c3ccccc3)nn2)O[C@]12C(=O)N(Cc1ccc(N(C=O)c3ccccc3)cc1)c1ccc(Cl)cc12. The van der Waals surface area contributed by atoms with E-state index in [1.807, 2.05) is 104 Å². The molecule has 1 aromatic heterocycles. The molecule has 4 aromatic carbocycles. The van der Waals surface area contributed by atoms with Gasteiger partial charge in [0.1, 0.15) is 0 Å². The average Bonchev–Trinajstić information content (AvgIpc) is 3.80. The van der Waals surface area contributed by atoms with E-state index >= 15 is 4.11 Å². The van der Waals surface area contributed by atoms with Crippen molar-refractivity contribution in [2.45, 2.75) is 62.7 Å². The number of halogens is 2. The molecule has 1 unspecified atom stereocenters. The molecule has 1 N–H and O–H groups in total. The summed E-state index contributed by atoms with van der Waals surface area (Å²) in [6.45, 7) is 5.81. The van der Waals surface area contributed by atoms with Crippen LogP contribution in [0.15, 0.2) is 109 Å².